The summed E-state index contributed by atoms with van der Waals surface area (Å²) in [5, 5.41) is 3.19. The number of carbonyl (C=O) groups is 1. The number of nitrogens with one attached hydrogen (secondary N) is 2. The van der Waals surface area contributed by atoms with E-state index in [1.54, 1.807) is 18.0 Å². The number of rotatable bonds is 7. The molecule has 2 saturated heterocycles. The molecule has 2 fully saturated rings. The van der Waals surface area contributed by atoms with E-state index < -0.39 is 11.6 Å². The summed E-state index contributed by atoms with van der Waals surface area (Å²) in [5.41, 5.74) is 1.71. The highest BCUT2D eigenvalue weighted by Gasteiger charge is 2.28. The van der Waals surface area contributed by atoms with E-state index in [0.717, 1.165) is 63.7 Å². The van der Waals surface area contributed by atoms with Crippen LogP contribution in [-0.4, -0.2) is 81.5 Å². The number of amides is 1. The van der Waals surface area contributed by atoms with Crippen LogP contribution in [0.1, 0.15) is 42.2 Å². The first-order valence-corrected chi connectivity index (χ1v) is 14.4. The molecule has 6 rings (SSSR count). The Morgan fingerprint density at radius 2 is 1.81 bits per heavy atom. The lowest BCUT2D eigenvalue weighted by Gasteiger charge is -2.35. The van der Waals surface area contributed by atoms with E-state index >= 15 is 4.39 Å². The topological polar surface area (TPSA) is 103 Å². The minimum atomic E-state index is -0.753. The van der Waals surface area contributed by atoms with Crippen molar-refractivity contribution in [3.8, 4) is 11.6 Å². The summed E-state index contributed by atoms with van der Waals surface area (Å²) in [4.78, 5) is 36.2. The number of carbonyl (C=O) groups excluding carboxylic acids is 1. The molecular weight excluding hydrogens is 542 g/mol. The molecule has 0 atom stereocenters. The van der Waals surface area contributed by atoms with E-state index in [2.05, 4.69) is 42.0 Å². The third kappa shape index (κ3) is 5.58. The summed E-state index contributed by atoms with van der Waals surface area (Å²) in [6.07, 6.45) is 5.79. The number of aromatic nitrogens is 4. The minimum Gasteiger partial charge on any atom is -0.435 e. The van der Waals surface area contributed by atoms with Crippen molar-refractivity contribution < 1.29 is 18.3 Å². The molecule has 0 radical (unpaired) electrons. The van der Waals surface area contributed by atoms with E-state index in [-0.39, 0.29) is 39.8 Å². The van der Waals surface area contributed by atoms with Crippen LogP contribution in [0.25, 0.3) is 10.9 Å². The van der Waals surface area contributed by atoms with Crippen molar-refractivity contribution in [3.05, 3.63) is 59.7 Å². The van der Waals surface area contributed by atoms with Crippen LogP contribution in [0, 0.1) is 18.6 Å². The fraction of sp³-hybridized carbons (Fsp3) is 0.400. The Morgan fingerprint density at radius 3 is 2.52 bits per heavy atom. The molecule has 5 heterocycles. The van der Waals surface area contributed by atoms with Gasteiger partial charge in [0.2, 0.25) is 5.88 Å². The number of fused-ring (bicyclic) bond motifs is 1. The first kappa shape index (κ1) is 27.8. The number of hydrogen-bond acceptors (Lipinski definition) is 8. The molecule has 2 aliphatic heterocycles. The Balaban J connectivity index is 1.31. The van der Waals surface area contributed by atoms with Gasteiger partial charge < -0.3 is 29.7 Å². The fourth-order valence-electron chi connectivity index (χ4n) is 5.59. The molecule has 3 aromatic heterocycles. The standard InChI is InChI=1S/C30H34F2N8O2/c1-3-38-11-13-39(14-12-38)20-7-8-24(33-17-20)37-28-25(30(41)40-9-5-4-6-10-40)29(35-18-34-28)42-23-16-22(31)27-21(26(23)32)15-19(2)36-27/h7-8,15-18,36H,3-6,9-14H2,1-2H3,(H,33,34,35,37). The molecule has 10 nitrogen and oxygen atoms in total. The van der Waals surface area contributed by atoms with Crippen molar-refractivity contribution in [3.63, 3.8) is 0 Å². The maximum absolute atomic E-state index is 15.4. The van der Waals surface area contributed by atoms with E-state index in [0.29, 0.717) is 24.6 Å². The number of halogens is 2. The Morgan fingerprint density at radius 1 is 1.02 bits per heavy atom. The number of hydrogen-bond donors (Lipinski definition) is 2. The van der Waals surface area contributed by atoms with Gasteiger partial charge >= 0.3 is 0 Å². The maximum atomic E-state index is 15.4. The average molecular weight is 577 g/mol. The van der Waals surface area contributed by atoms with Gasteiger partial charge in [0, 0.05) is 56.4 Å². The number of ether oxygens (including phenoxy) is 1. The van der Waals surface area contributed by atoms with Gasteiger partial charge in [0.25, 0.3) is 5.91 Å². The number of aromatic amines is 1. The Kier molecular flexibility index (Phi) is 7.88. The molecule has 2 aliphatic rings. The van der Waals surface area contributed by atoms with Crippen LogP contribution in [-0.2, 0) is 0 Å². The first-order chi connectivity index (χ1) is 20.4. The smallest absolute Gasteiger partial charge is 0.263 e. The summed E-state index contributed by atoms with van der Waals surface area (Å²) in [7, 11) is 0. The van der Waals surface area contributed by atoms with Crippen molar-refractivity contribution in [2.24, 2.45) is 0 Å². The number of aryl methyl sites for hydroxylation is 1. The lowest BCUT2D eigenvalue weighted by atomic mass is 10.1. The zero-order chi connectivity index (χ0) is 29.2. The number of likely N-dealkylation sites (N-methyl/N-ethyl adjacent to an activating group) is 1. The number of nitrogens with zero attached hydrogens (tertiary/aromatic N) is 6. The third-order valence-corrected chi connectivity index (χ3v) is 7.96. The Bertz CT molecular complexity index is 1580. The molecule has 0 aliphatic carbocycles. The van der Waals surface area contributed by atoms with Crippen molar-refractivity contribution in [2.75, 3.05) is 56.0 Å². The number of H-pyrrole nitrogens is 1. The van der Waals surface area contributed by atoms with Crippen molar-refractivity contribution in [2.45, 2.75) is 33.1 Å². The average Bonchev–Trinajstić information content (AvgIpc) is 3.43. The molecule has 0 unspecified atom stereocenters. The van der Waals surface area contributed by atoms with E-state index in [4.69, 9.17) is 4.74 Å². The lowest BCUT2D eigenvalue weighted by molar-refractivity contribution is 0.0721. The quantitative estimate of drug-likeness (QED) is 0.308. The fourth-order valence-corrected chi connectivity index (χ4v) is 5.59. The number of benzene rings is 1. The zero-order valence-electron chi connectivity index (χ0n) is 23.8. The predicted molar refractivity (Wildman–Crippen MR) is 157 cm³/mol. The number of piperidine rings is 1. The molecule has 42 heavy (non-hydrogen) atoms. The zero-order valence-corrected chi connectivity index (χ0v) is 23.8. The SMILES string of the molecule is CCN1CCN(c2ccc(Nc3ncnc(Oc4cc(F)c5[nH]c(C)cc5c4F)c3C(=O)N3CCCCC3)nc2)CC1. The van der Waals surface area contributed by atoms with Crippen LogP contribution in [0.3, 0.4) is 0 Å². The summed E-state index contributed by atoms with van der Waals surface area (Å²) in [5.74, 6) is -1.67. The normalized spacial score (nSPS) is 16.2. The maximum Gasteiger partial charge on any atom is 0.263 e. The Labute approximate surface area is 242 Å². The van der Waals surface area contributed by atoms with Crippen molar-refractivity contribution in [1.29, 1.82) is 0 Å². The highest BCUT2D eigenvalue weighted by Crippen LogP contribution is 2.35. The van der Waals surface area contributed by atoms with Crippen LogP contribution in [0.4, 0.5) is 26.1 Å². The predicted octanol–water partition coefficient (Wildman–Crippen LogP) is 5.24. The number of piperazine rings is 1. The number of anilines is 3. The molecule has 2 N–H and O–H groups in total. The van der Waals surface area contributed by atoms with Crippen LogP contribution in [0.5, 0.6) is 11.6 Å². The van der Waals surface area contributed by atoms with Crippen LogP contribution in [0.15, 0.2) is 36.8 Å². The summed E-state index contributed by atoms with van der Waals surface area (Å²) in [6.45, 7) is 9.92. The molecule has 0 spiro atoms. The van der Waals surface area contributed by atoms with Gasteiger partial charge in [-0.25, -0.2) is 23.7 Å². The lowest BCUT2D eigenvalue weighted by Crippen LogP contribution is -2.46. The van der Waals surface area contributed by atoms with Crippen molar-refractivity contribution in [1.82, 2.24) is 29.7 Å². The van der Waals surface area contributed by atoms with Gasteiger partial charge in [-0.3, -0.25) is 4.79 Å². The number of pyridine rings is 1. The summed E-state index contributed by atoms with van der Waals surface area (Å²) < 4.78 is 36.1. The molecule has 0 saturated carbocycles. The van der Waals surface area contributed by atoms with Crippen LogP contribution >= 0.6 is 0 Å². The second-order valence-electron chi connectivity index (χ2n) is 10.7. The first-order valence-electron chi connectivity index (χ1n) is 14.4. The van der Waals surface area contributed by atoms with Gasteiger partial charge in [-0.05, 0) is 50.9 Å². The van der Waals surface area contributed by atoms with Gasteiger partial charge in [0.15, 0.2) is 23.2 Å². The third-order valence-electron chi connectivity index (χ3n) is 7.96. The second-order valence-corrected chi connectivity index (χ2v) is 10.7. The highest BCUT2D eigenvalue weighted by molar-refractivity contribution is 6.01. The molecule has 12 heteroatoms. The molecule has 220 valence electrons. The van der Waals surface area contributed by atoms with E-state index in [9.17, 15) is 9.18 Å². The summed E-state index contributed by atoms with van der Waals surface area (Å²) >= 11 is 0. The van der Waals surface area contributed by atoms with Crippen molar-refractivity contribution >= 4 is 34.1 Å². The Hall–Kier alpha value is -4.32. The van der Waals surface area contributed by atoms with Gasteiger partial charge in [-0.15, -0.1) is 0 Å². The molecule has 1 amide bonds. The largest absolute Gasteiger partial charge is 0.435 e. The monoisotopic (exact) mass is 576 g/mol. The molecule has 4 aromatic rings. The number of likely N-dealkylation sites (tertiary alicyclic amines) is 1. The van der Waals surface area contributed by atoms with Gasteiger partial charge in [-0.1, -0.05) is 6.92 Å². The highest BCUT2D eigenvalue weighted by atomic mass is 19.1. The minimum absolute atomic E-state index is 0.0334. The molecule has 1 aromatic carbocycles. The molecule has 0 bridgehead atoms. The second kappa shape index (κ2) is 11.9. The molecular formula is C30H34F2N8O2. The van der Waals surface area contributed by atoms with Crippen LogP contribution in [0.2, 0.25) is 0 Å². The van der Waals surface area contributed by atoms with Gasteiger partial charge in [0.1, 0.15) is 17.7 Å². The van der Waals surface area contributed by atoms with Crippen LogP contribution < -0.4 is 15.0 Å². The van der Waals surface area contributed by atoms with E-state index in [1.165, 1.54) is 12.4 Å². The van der Waals surface area contributed by atoms with E-state index in [1.807, 2.05) is 12.1 Å². The van der Waals surface area contributed by atoms with Gasteiger partial charge in [-0.2, -0.15) is 0 Å². The summed E-state index contributed by atoms with van der Waals surface area (Å²) in [6, 6.07) is 6.27. The van der Waals surface area contributed by atoms with Gasteiger partial charge in [0.05, 0.1) is 17.4 Å².